The second-order valence-electron chi connectivity index (χ2n) is 5.83. The minimum Gasteiger partial charge on any atom is -0.468 e. The lowest BCUT2D eigenvalue weighted by Crippen LogP contribution is -2.39. The standard InChI is InChI=1S/C18H23F3N4OS.HI/c1-3-22-17(25(2)9-8-15-5-4-10-27-15)24-12-14-6-7-16(23-11-14)26-13-18(19,20)21;/h4-7,10-11H,3,8-9,12-13H2,1-2H3,(H,22,24);1H. The van der Waals surface area contributed by atoms with E-state index in [1.54, 1.807) is 17.4 Å². The maximum Gasteiger partial charge on any atom is 0.422 e. The van der Waals surface area contributed by atoms with E-state index in [0.717, 1.165) is 31.0 Å². The van der Waals surface area contributed by atoms with Crippen molar-refractivity contribution in [3.8, 4) is 5.88 Å². The number of aromatic nitrogens is 1. The van der Waals surface area contributed by atoms with Gasteiger partial charge in [-0.3, -0.25) is 0 Å². The molecule has 0 spiro atoms. The number of nitrogens with one attached hydrogen (secondary N) is 1. The van der Waals surface area contributed by atoms with Gasteiger partial charge in [-0.05, 0) is 30.4 Å². The number of hydrogen-bond donors (Lipinski definition) is 1. The van der Waals surface area contributed by atoms with Crippen LogP contribution in [0.3, 0.4) is 0 Å². The Hall–Kier alpha value is -1.56. The van der Waals surface area contributed by atoms with Gasteiger partial charge in [-0.15, -0.1) is 35.3 Å². The fourth-order valence-electron chi connectivity index (χ4n) is 2.22. The van der Waals surface area contributed by atoms with Crippen LogP contribution in [-0.4, -0.2) is 48.8 Å². The van der Waals surface area contributed by atoms with Gasteiger partial charge in [0.1, 0.15) is 0 Å². The molecule has 2 rings (SSSR count). The lowest BCUT2D eigenvalue weighted by molar-refractivity contribution is -0.154. The van der Waals surface area contributed by atoms with Crippen molar-refractivity contribution in [2.24, 2.45) is 4.99 Å². The van der Waals surface area contributed by atoms with Crippen LogP contribution >= 0.6 is 35.3 Å². The lowest BCUT2D eigenvalue weighted by Gasteiger charge is -2.21. The molecule has 0 aliphatic rings. The summed E-state index contributed by atoms with van der Waals surface area (Å²) in [5.74, 6) is 0.714. The Kier molecular flexibility index (Phi) is 10.6. The number of likely N-dealkylation sites (N-methyl/N-ethyl adjacent to an activating group) is 1. The molecule has 0 radical (unpaired) electrons. The van der Waals surface area contributed by atoms with Crippen molar-refractivity contribution in [2.75, 3.05) is 26.7 Å². The van der Waals surface area contributed by atoms with Crippen LogP contribution in [0.5, 0.6) is 5.88 Å². The second kappa shape index (κ2) is 12.1. The fourth-order valence-corrected chi connectivity index (χ4v) is 2.92. The third-order valence-corrected chi connectivity index (χ3v) is 4.50. The Balaban J connectivity index is 0.00000392. The fraction of sp³-hybridized carbons (Fsp3) is 0.444. The zero-order valence-corrected chi connectivity index (χ0v) is 18.8. The van der Waals surface area contributed by atoms with E-state index in [9.17, 15) is 13.2 Å². The number of hydrogen-bond acceptors (Lipinski definition) is 4. The van der Waals surface area contributed by atoms with E-state index in [1.165, 1.54) is 17.1 Å². The molecular weight excluding hydrogens is 504 g/mol. The third kappa shape index (κ3) is 9.09. The number of aliphatic imine (C=N–C) groups is 1. The van der Waals surface area contributed by atoms with Crippen molar-refractivity contribution in [2.45, 2.75) is 26.1 Å². The highest BCUT2D eigenvalue weighted by molar-refractivity contribution is 14.0. The van der Waals surface area contributed by atoms with Crippen LogP contribution in [0, 0.1) is 0 Å². The van der Waals surface area contributed by atoms with E-state index in [-0.39, 0.29) is 29.9 Å². The average Bonchev–Trinajstić information content (AvgIpc) is 3.15. The molecule has 0 aromatic carbocycles. The Morgan fingerprint density at radius 3 is 2.68 bits per heavy atom. The molecule has 1 N–H and O–H groups in total. The summed E-state index contributed by atoms with van der Waals surface area (Å²) in [6.07, 6.45) is -1.96. The van der Waals surface area contributed by atoms with Crippen molar-refractivity contribution in [3.63, 3.8) is 0 Å². The summed E-state index contributed by atoms with van der Waals surface area (Å²) >= 11 is 1.73. The molecule has 5 nitrogen and oxygen atoms in total. The SMILES string of the molecule is CCNC(=NCc1ccc(OCC(F)(F)F)nc1)N(C)CCc1cccs1.I. The van der Waals surface area contributed by atoms with Crippen molar-refractivity contribution in [3.05, 3.63) is 46.3 Å². The highest BCUT2D eigenvalue weighted by Crippen LogP contribution is 2.17. The van der Waals surface area contributed by atoms with Crippen LogP contribution in [0.4, 0.5) is 13.2 Å². The Morgan fingerprint density at radius 2 is 2.11 bits per heavy atom. The Morgan fingerprint density at radius 1 is 1.32 bits per heavy atom. The van der Waals surface area contributed by atoms with Gasteiger partial charge in [0.25, 0.3) is 0 Å². The molecule has 0 amide bonds. The Labute approximate surface area is 184 Å². The molecule has 2 aromatic rings. The average molecular weight is 528 g/mol. The number of pyridine rings is 1. The van der Waals surface area contributed by atoms with Crippen LogP contribution < -0.4 is 10.1 Å². The van der Waals surface area contributed by atoms with E-state index in [2.05, 4.69) is 36.4 Å². The van der Waals surface area contributed by atoms with E-state index in [4.69, 9.17) is 0 Å². The quantitative estimate of drug-likeness (QED) is 0.315. The summed E-state index contributed by atoms with van der Waals surface area (Å²) in [5.41, 5.74) is 0.788. The van der Waals surface area contributed by atoms with Crippen molar-refractivity contribution >= 4 is 41.3 Å². The molecule has 0 saturated heterocycles. The number of halogens is 4. The molecule has 2 heterocycles. The third-order valence-electron chi connectivity index (χ3n) is 3.56. The van der Waals surface area contributed by atoms with Crippen LogP contribution in [0.2, 0.25) is 0 Å². The number of alkyl halides is 3. The summed E-state index contributed by atoms with van der Waals surface area (Å²) in [5, 5.41) is 5.30. The zero-order valence-electron chi connectivity index (χ0n) is 15.7. The Bertz CT molecular complexity index is 709. The van der Waals surface area contributed by atoms with Gasteiger partial charge in [-0.25, -0.2) is 9.98 Å². The van der Waals surface area contributed by atoms with E-state index >= 15 is 0 Å². The van der Waals surface area contributed by atoms with E-state index in [1.807, 2.05) is 20.0 Å². The predicted molar refractivity (Wildman–Crippen MR) is 117 cm³/mol. The van der Waals surface area contributed by atoms with Crippen molar-refractivity contribution in [1.82, 2.24) is 15.2 Å². The summed E-state index contributed by atoms with van der Waals surface area (Å²) < 4.78 is 41.1. The van der Waals surface area contributed by atoms with Crippen LogP contribution in [0.15, 0.2) is 40.8 Å². The van der Waals surface area contributed by atoms with Crippen molar-refractivity contribution in [1.29, 1.82) is 0 Å². The summed E-state index contributed by atoms with van der Waals surface area (Å²) in [6, 6.07) is 7.23. The minimum atomic E-state index is -4.38. The van der Waals surface area contributed by atoms with Gasteiger partial charge < -0.3 is 15.0 Å². The largest absolute Gasteiger partial charge is 0.468 e. The highest BCUT2D eigenvalue weighted by atomic mass is 127. The minimum absolute atomic E-state index is 0. The van der Waals surface area contributed by atoms with Gasteiger partial charge in [0, 0.05) is 37.3 Å². The predicted octanol–water partition coefficient (Wildman–Crippen LogP) is 4.34. The molecule has 10 heteroatoms. The van der Waals surface area contributed by atoms with Crippen LogP contribution in [0.1, 0.15) is 17.4 Å². The number of nitrogens with zero attached hydrogens (tertiary/aromatic N) is 3. The maximum atomic E-state index is 12.1. The molecule has 0 fully saturated rings. The van der Waals surface area contributed by atoms with Crippen LogP contribution in [-0.2, 0) is 13.0 Å². The number of guanidine groups is 1. The molecule has 0 saturated carbocycles. The van der Waals surface area contributed by atoms with E-state index < -0.39 is 12.8 Å². The molecule has 0 bridgehead atoms. The van der Waals surface area contributed by atoms with Crippen molar-refractivity contribution < 1.29 is 17.9 Å². The first-order valence-electron chi connectivity index (χ1n) is 8.53. The maximum absolute atomic E-state index is 12.1. The first-order chi connectivity index (χ1) is 12.9. The molecule has 0 atom stereocenters. The van der Waals surface area contributed by atoms with Gasteiger partial charge in [-0.2, -0.15) is 13.2 Å². The zero-order chi connectivity index (χ0) is 19.7. The first-order valence-corrected chi connectivity index (χ1v) is 9.41. The van der Waals surface area contributed by atoms with Gasteiger partial charge in [-0.1, -0.05) is 12.1 Å². The smallest absolute Gasteiger partial charge is 0.422 e. The van der Waals surface area contributed by atoms with E-state index in [0.29, 0.717) is 6.54 Å². The lowest BCUT2D eigenvalue weighted by atomic mass is 10.3. The first kappa shape index (κ1) is 24.5. The van der Waals surface area contributed by atoms with Gasteiger partial charge in [0.15, 0.2) is 12.6 Å². The summed E-state index contributed by atoms with van der Waals surface area (Å²) in [6.45, 7) is 2.59. The monoisotopic (exact) mass is 528 g/mol. The van der Waals surface area contributed by atoms with Gasteiger partial charge in [0.2, 0.25) is 5.88 Å². The van der Waals surface area contributed by atoms with Crippen LogP contribution in [0.25, 0.3) is 0 Å². The number of rotatable bonds is 8. The topological polar surface area (TPSA) is 49.8 Å². The summed E-state index contributed by atoms with van der Waals surface area (Å²) in [4.78, 5) is 11.8. The highest BCUT2D eigenvalue weighted by Gasteiger charge is 2.28. The van der Waals surface area contributed by atoms with Gasteiger partial charge in [0.05, 0.1) is 6.54 Å². The molecular formula is C18H24F3IN4OS. The normalized spacial score (nSPS) is 11.7. The number of ether oxygens (including phenoxy) is 1. The second-order valence-corrected chi connectivity index (χ2v) is 6.86. The molecule has 28 heavy (non-hydrogen) atoms. The van der Waals surface area contributed by atoms with Gasteiger partial charge >= 0.3 is 6.18 Å². The molecule has 2 aromatic heterocycles. The summed E-state index contributed by atoms with van der Waals surface area (Å²) in [7, 11) is 1.97. The molecule has 156 valence electrons. The molecule has 0 unspecified atom stereocenters. The molecule has 0 aliphatic heterocycles. The number of thiophene rings is 1. The molecule has 0 aliphatic carbocycles.